The van der Waals surface area contributed by atoms with E-state index in [-0.39, 0.29) is 23.1 Å². The quantitative estimate of drug-likeness (QED) is 0.529. The van der Waals surface area contributed by atoms with E-state index in [9.17, 15) is 19.1 Å². The van der Waals surface area contributed by atoms with Crippen molar-refractivity contribution in [3.8, 4) is 11.1 Å². The molecule has 0 bridgehead atoms. The van der Waals surface area contributed by atoms with Gasteiger partial charge in [0.25, 0.3) is 0 Å². The highest BCUT2D eigenvalue weighted by Gasteiger charge is 2.30. The van der Waals surface area contributed by atoms with Crippen LogP contribution in [0, 0.1) is 5.82 Å². The molecule has 1 aliphatic carbocycles. The molecule has 158 valence electrons. The number of rotatable bonds is 6. The summed E-state index contributed by atoms with van der Waals surface area (Å²) in [6, 6.07) is 18.7. The highest BCUT2D eigenvalue weighted by atomic mass is 35.5. The topological polar surface area (TPSA) is 75.6 Å². The number of halogens is 2. The van der Waals surface area contributed by atoms with E-state index in [1.54, 1.807) is 0 Å². The highest BCUT2D eigenvalue weighted by molar-refractivity contribution is 6.31. The lowest BCUT2D eigenvalue weighted by Gasteiger charge is -2.20. The van der Waals surface area contributed by atoms with Crippen molar-refractivity contribution < 1.29 is 23.8 Å². The highest BCUT2D eigenvalue weighted by Crippen LogP contribution is 2.44. The normalized spacial score (nSPS) is 13.2. The number of hydrogen-bond acceptors (Lipinski definition) is 3. The lowest BCUT2D eigenvalue weighted by atomic mass is 9.98. The summed E-state index contributed by atoms with van der Waals surface area (Å²) in [6.45, 7) is 0.0602. The number of fused-ring (bicyclic) bond motifs is 3. The summed E-state index contributed by atoms with van der Waals surface area (Å²) in [5.41, 5.74) is 4.20. The second-order valence-corrected chi connectivity index (χ2v) is 7.66. The number of hydrogen-bond donors (Lipinski definition) is 2. The molecule has 31 heavy (non-hydrogen) atoms. The standard InChI is InChI=1S/C24H19ClFNO4/c25-19-10-5-11-20(26)23(19)21(12-22(28)29)27-24(30)31-13-18-16-8-3-1-6-14(16)15-7-2-4-9-17(15)18/h1-11,18,21H,12-13H2,(H,27,30)(H,28,29)/t21-/m1/s1. The predicted octanol–water partition coefficient (Wildman–Crippen LogP) is 5.53. The smallest absolute Gasteiger partial charge is 0.407 e. The van der Waals surface area contributed by atoms with E-state index in [0.717, 1.165) is 28.3 Å². The lowest BCUT2D eigenvalue weighted by Crippen LogP contribution is -2.32. The van der Waals surface area contributed by atoms with Crippen molar-refractivity contribution in [3.63, 3.8) is 0 Å². The molecule has 0 spiro atoms. The summed E-state index contributed by atoms with van der Waals surface area (Å²) < 4.78 is 19.7. The second-order valence-electron chi connectivity index (χ2n) is 7.26. The third kappa shape index (κ3) is 4.25. The van der Waals surface area contributed by atoms with E-state index in [1.165, 1.54) is 12.1 Å². The largest absolute Gasteiger partial charge is 0.481 e. The Kier molecular flexibility index (Phi) is 5.91. The summed E-state index contributed by atoms with van der Waals surface area (Å²) in [5, 5.41) is 11.7. The third-order valence-electron chi connectivity index (χ3n) is 5.36. The molecule has 0 unspecified atom stereocenters. The molecule has 0 saturated carbocycles. The summed E-state index contributed by atoms with van der Waals surface area (Å²) >= 11 is 6.06. The van der Waals surface area contributed by atoms with Crippen molar-refractivity contribution in [2.24, 2.45) is 0 Å². The van der Waals surface area contributed by atoms with Crippen LogP contribution in [0.25, 0.3) is 11.1 Å². The Labute approximate surface area is 183 Å². The average molecular weight is 440 g/mol. The molecule has 1 aliphatic rings. The first kappa shape index (κ1) is 20.9. The minimum atomic E-state index is -1.21. The zero-order valence-electron chi connectivity index (χ0n) is 16.3. The molecular formula is C24H19ClFNO4. The van der Waals surface area contributed by atoms with Gasteiger partial charge < -0.3 is 15.2 Å². The second kappa shape index (κ2) is 8.78. The van der Waals surface area contributed by atoms with Gasteiger partial charge in [0.05, 0.1) is 12.5 Å². The Balaban J connectivity index is 1.51. The number of carbonyl (C=O) groups is 2. The van der Waals surface area contributed by atoms with Crippen LogP contribution < -0.4 is 5.32 Å². The zero-order chi connectivity index (χ0) is 22.0. The van der Waals surface area contributed by atoms with Crippen LogP contribution >= 0.6 is 11.6 Å². The molecule has 3 aromatic rings. The molecule has 2 N–H and O–H groups in total. The number of amides is 1. The molecule has 5 nitrogen and oxygen atoms in total. The van der Waals surface area contributed by atoms with Gasteiger partial charge in [0.2, 0.25) is 0 Å². The maximum atomic E-state index is 14.3. The monoisotopic (exact) mass is 439 g/mol. The van der Waals surface area contributed by atoms with Gasteiger partial charge in [0.1, 0.15) is 12.4 Å². The zero-order valence-corrected chi connectivity index (χ0v) is 17.1. The number of carboxylic acids is 1. The molecule has 0 fully saturated rings. The van der Waals surface area contributed by atoms with Gasteiger partial charge in [-0.25, -0.2) is 9.18 Å². The van der Waals surface area contributed by atoms with Gasteiger partial charge >= 0.3 is 12.1 Å². The van der Waals surface area contributed by atoms with E-state index in [2.05, 4.69) is 5.32 Å². The molecule has 0 aromatic heterocycles. The van der Waals surface area contributed by atoms with Gasteiger partial charge in [-0.3, -0.25) is 4.79 Å². The fourth-order valence-corrected chi connectivity index (χ4v) is 4.32. The Morgan fingerprint density at radius 3 is 2.19 bits per heavy atom. The van der Waals surface area contributed by atoms with Gasteiger partial charge in [-0.1, -0.05) is 66.2 Å². The van der Waals surface area contributed by atoms with Crippen LogP contribution in [0.4, 0.5) is 9.18 Å². The minimum absolute atomic E-state index is 0.0326. The first-order chi connectivity index (χ1) is 15.0. The molecule has 4 rings (SSSR count). The number of carboxylic acid groups (broad SMARTS) is 1. The maximum absolute atomic E-state index is 14.3. The van der Waals surface area contributed by atoms with E-state index in [1.807, 2.05) is 48.5 Å². The lowest BCUT2D eigenvalue weighted by molar-refractivity contribution is -0.137. The molecule has 1 atom stereocenters. The fraction of sp³-hybridized carbons (Fsp3) is 0.167. The Morgan fingerprint density at radius 1 is 1.00 bits per heavy atom. The molecule has 0 saturated heterocycles. The first-order valence-corrected chi connectivity index (χ1v) is 10.1. The number of benzene rings is 3. The van der Waals surface area contributed by atoms with Gasteiger partial charge in [-0.15, -0.1) is 0 Å². The fourth-order valence-electron chi connectivity index (χ4n) is 4.03. The van der Waals surface area contributed by atoms with Crippen molar-refractivity contribution in [3.05, 3.63) is 94.3 Å². The number of ether oxygens (including phenoxy) is 1. The van der Waals surface area contributed by atoms with Crippen LogP contribution in [0.15, 0.2) is 66.7 Å². The van der Waals surface area contributed by atoms with Crippen molar-refractivity contribution in [1.82, 2.24) is 5.32 Å². The Hall–Kier alpha value is -3.38. The van der Waals surface area contributed by atoms with Gasteiger partial charge in [-0.2, -0.15) is 0 Å². The molecule has 1 amide bonds. The molecule has 3 aromatic carbocycles. The summed E-state index contributed by atoms with van der Waals surface area (Å²) in [4.78, 5) is 23.8. The molecule has 0 aliphatic heterocycles. The van der Waals surface area contributed by atoms with E-state index in [0.29, 0.717) is 0 Å². The van der Waals surface area contributed by atoms with E-state index >= 15 is 0 Å². The van der Waals surface area contributed by atoms with Crippen molar-refractivity contribution in [1.29, 1.82) is 0 Å². The van der Waals surface area contributed by atoms with Crippen LogP contribution in [0.2, 0.25) is 5.02 Å². The van der Waals surface area contributed by atoms with Crippen molar-refractivity contribution in [2.75, 3.05) is 6.61 Å². The van der Waals surface area contributed by atoms with Crippen LogP contribution in [-0.2, 0) is 9.53 Å². The molecule has 0 radical (unpaired) electrons. The number of aliphatic carboxylic acids is 1. The van der Waals surface area contributed by atoms with Gasteiger partial charge in [0.15, 0.2) is 0 Å². The van der Waals surface area contributed by atoms with Gasteiger partial charge in [-0.05, 0) is 34.4 Å². The Bertz CT molecular complexity index is 1080. The average Bonchev–Trinajstić information content (AvgIpc) is 3.05. The molecule has 0 heterocycles. The third-order valence-corrected chi connectivity index (χ3v) is 5.69. The Morgan fingerprint density at radius 2 is 1.61 bits per heavy atom. The first-order valence-electron chi connectivity index (χ1n) is 9.73. The summed E-state index contributed by atoms with van der Waals surface area (Å²) in [7, 11) is 0. The van der Waals surface area contributed by atoms with Crippen LogP contribution in [-0.4, -0.2) is 23.8 Å². The molecular weight excluding hydrogens is 421 g/mol. The number of nitrogens with one attached hydrogen (secondary N) is 1. The van der Waals surface area contributed by atoms with Gasteiger partial charge in [0, 0.05) is 16.5 Å². The minimum Gasteiger partial charge on any atom is -0.481 e. The maximum Gasteiger partial charge on any atom is 0.407 e. The van der Waals surface area contributed by atoms with E-state index < -0.39 is 30.3 Å². The van der Waals surface area contributed by atoms with Crippen LogP contribution in [0.1, 0.15) is 35.1 Å². The van der Waals surface area contributed by atoms with Crippen LogP contribution in [0.5, 0.6) is 0 Å². The van der Waals surface area contributed by atoms with Crippen LogP contribution in [0.3, 0.4) is 0 Å². The van der Waals surface area contributed by atoms with E-state index in [4.69, 9.17) is 16.3 Å². The SMILES string of the molecule is O=C(O)C[C@@H](NC(=O)OCC1c2ccccc2-c2ccccc21)c1c(F)cccc1Cl. The molecule has 7 heteroatoms. The van der Waals surface area contributed by atoms with Crippen molar-refractivity contribution >= 4 is 23.7 Å². The number of alkyl carbamates (subject to hydrolysis) is 1. The van der Waals surface area contributed by atoms with Crippen molar-refractivity contribution in [2.45, 2.75) is 18.4 Å². The summed E-state index contributed by atoms with van der Waals surface area (Å²) in [5.74, 6) is -2.05. The number of carbonyl (C=O) groups excluding carboxylic acids is 1. The summed E-state index contributed by atoms with van der Waals surface area (Å²) in [6.07, 6.45) is -1.38. The predicted molar refractivity (Wildman–Crippen MR) is 115 cm³/mol.